The summed E-state index contributed by atoms with van der Waals surface area (Å²) in [5.41, 5.74) is -0.366. The molecule has 1 unspecified atom stereocenters. The van der Waals surface area contributed by atoms with Crippen molar-refractivity contribution in [3.05, 3.63) is 0 Å². The Morgan fingerprint density at radius 3 is 2.55 bits per heavy atom. The summed E-state index contributed by atoms with van der Waals surface area (Å²) in [6.45, 7) is 0.438. The maximum Gasteiger partial charge on any atom is 0.303 e. The first kappa shape index (κ1) is 14.8. The second-order valence-corrected chi connectivity index (χ2v) is 6.06. The van der Waals surface area contributed by atoms with Crippen LogP contribution in [0.2, 0.25) is 0 Å². The molecule has 1 saturated heterocycles. The third kappa shape index (κ3) is 3.95. The summed E-state index contributed by atoms with van der Waals surface area (Å²) in [7, 11) is 0. The van der Waals surface area contributed by atoms with Gasteiger partial charge >= 0.3 is 5.97 Å². The number of carboxylic acid groups (broad SMARTS) is 1. The number of nitrogens with one attached hydrogen (secondary N) is 2. The first-order chi connectivity index (χ1) is 9.49. The van der Waals surface area contributed by atoms with Crippen LogP contribution in [0.25, 0.3) is 0 Å². The highest BCUT2D eigenvalue weighted by Gasteiger charge is 2.38. The lowest BCUT2D eigenvalue weighted by Crippen LogP contribution is -2.40. The second kappa shape index (κ2) is 6.24. The summed E-state index contributed by atoms with van der Waals surface area (Å²) >= 11 is 0. The molecule has 1 heterocycles. The van der Waals surface area contributed by atoms with Crippen molar-refractivity contribution in [2.45, 2.75) is 57.4 Å². The molecule has 0 radical (unpaired) electrons. The molecule has 20 heavy (non-hydrogen) atoms. The molecule has 3 N–H and O–H groups in total. The minimum atomic E-state index is -0.831. The highest BCUT2D eigenvalue weighted by molar-refractivity contribution is 5.80. The molecule has 2 fully saturated rings. The number of carbonyl (C=O) groups excluding carboxylic acids is 2. The molecular formula is C14H22N2O4. The van der Waals surface area contributed by atoms with E-state index in [-0.39, 0.29) is 36.1 Å². The SMILES string of the molecule is O=C(O)CC1(CC(=O)NCC2CCC(=O)N2)CCCC1. The summed E-state index contributed by atoms with van der Waals surface area (Å²) in [4.78, 5) is 34.0. The fraction of sp³-hybridized carbons (Fsp3) is 0.786. The summed E-state index contributed by atoms with van der Waals surface area (Å²) in [6.07, 6.45) is 5.24. The van der Waals surface area contributed by atoms with Gasteiger partial charge in [0.25, 0.3) is 0 Å². The number of hydrogen-bond acceptors (Lipinski definition) is 3. The molecule has 0 aromatic heterocycles. The van der Waals surface area contributed by atoms with Crippen LogP contribution in [0.4, 0.5) is 0 Å². The highest BCUT2D eigenvalue weighted by Crippen LogP contribution is 2.43. The van der Waals surface area contributed by atoms with Crippen molar-refractivity contribution in [2.24, 2.45) is 5.41 Å². The van der Waals surface area contributed by atoms with Gasteiger partial charge in [-0.15, -0.1) is 0 Å². The summed E-state index contributed by atoms with van der Waals surface area (Å²) < 4.78 is 0. The van der Waals surface area contributed by atoms with E-state index in [1.54, 1.807) is 0 Å². The van der Waals surface area contributed by atoms with E-state index in [1.807, 2.05) is 0 Å². The molecule has 2 rings (SSSR count). The molecule has 1 atom stereocenters. The molecule has 2 amide bonds. The van der Waals surface area contributed by atoms with E-state index in [0.29, 0.717) is 13.0 Å². The van der Waals surface area contributed by atoms with Gasteiger partial charge < -0.3 is 15.7 Å². The largest absolute Gasteiger partial charge is 0.481 e. The van der Waals surface area contributed by atoms with Gasteiger partial charge in [-0.05, 0) is 24.7 Å². The summed E-state index contributed by atoms with van der Waals surface area (Å²) in [6, 6.07) is 0.0189. The van der Waals surface area contributed by atoms with Crippen LogP contribution in [0.3, 0.4) is 0 Å². The number of amides is 2. The highest BCUT2D eigenvalue weighted by atomic mass is 16.4. The van der Waals surface area contributed by atoms with Crippen LogP contribution in [0.5, 0.6) is 0 Å². The number of hydrogen-bond donors (Lipinski definition) is 3. The van der Waals surface area contributed by atoms with Crippen molar-refractivity contribution in [1.82, 2.24) is 10.6 Å². The number of carbonyl (C=O) groups is 3. The number of carboxylic acids is 1. The Balaban J connectivity index is 1.79. The van der Waals surface area contributed by atoms with Crippen LogP contribution >= 0.6 is 0 Å². The standard InChI is InChI=1S/C14H22N2O4/c17-11-4-3-10(16-11)9-15-12(18)7-14(8-13(19)20)5-1-2-6-14/h10H,1-9H2,(H,15,18)(H,16,17)(H,19,20). The van der Waals surface area contributed by atoms with Crippen LogP contribution in [-0.4, -0.2) is 35.5 Å². The van der Waals surface area contributed by atoms with Gasteiger partial charge in [0.2, 0.25) is 11.8 Å². The molecule has 1 saturated carbocycles. The van der Waals surface area contributed by atoms with Crippen molar-refractivity contribution in [3.8, 4) is 0 Å². The minimum Gasteiger partial charge on any atom is -0.481 e. The van der Waals surface area contributed by atoms with Crippen LogP contribution in [0.1, 0.15) is 51.4 Å². The Hall–Kier alpha value is -1.59. The zero-order valence-corrected chi connectivity index (χ0v) is 11.6. The Bertz CT molecular complexity index is 402. The molecule has 0 spiro atoms. The van der Waals surface area contributed by atoms with Gasteiger partial charge in [-0.2, -0.15) is 0 Å². The maximum absolute atomic E-state index is 12.0. The Morgan fingerprint density at radius 1 is 1.30 bits per heavy atom. The normalized spacial score (nSPS) is 24.4. The van der Waals surface area contributed by atoms with E-state index in [0.717, 1.165) is 32.1 Å². The lowest BCUT2D eigenvalue weighted by molar-refractivity contribution is -0.140. The Kier molecular flexibility index (Phi) is 4.62. The van der Waals surface area contributed by atoms with E-state index in [4.69, 9.17) is 5.11 Å². The van der Waals surface area contributed by atoms with Crippen molar-refractivity contribution in [3.63, 3.8) is 0 Å². The van der Waals surface area contributed by atoms with E-state index in [9.17, 15) is 14.4 Å². The van der Waals surface area contributed by atoms with Crippen LogP contribution < -0.4 is 10.6 Å². The first-order valence-electron chi connectivity index (χ1n) is 7.27. The lowest BCUT2D eigenvalue weighted by atomic mass is 9.79. The number of rotatable bonds is 6. The monoisotopic (exact) mass is 282 g/mol. The van der Waals surface area contributed by atoms with E-state index >= 15 is 0 Å². The van der Waals surface area contributed by atoms with E-state index in [1.165, 1.54) is 0 Å². The zero-order chi connectivity index (χ0) is 14.6. The first-order valence-corrected chi connectivity index (χ1v) is 7.27. The average molecular weight is 282 g/mol. The van der Waals surface area contributed by atoms with Crippen molar-refractivity contribution >= 4 is 17.8 Å². The van der Waals surface area contributed by atoms with Crippen LogP contribution in [0, 0.1) is 5.41 Å². The van der Waals surface area contributed by atoms with Crippen molar-refractivity contribution in [1.29, 1.82) is 0 Å². The third-order valence-corrected chi connectivity index (χ3v) is 4.36. The minimum absolute atomic E-state index is 0.0189. The van der Waals surface area contributed by atoms with Gasteiger partial charge in [-0.1, -0.05) is 12.8 Å². The maximum atomic E-state index is 12.0. The van der Waals surface area contributed by atoms with E-state index in [2.05, 4.69) is 10.6 Å². The number of aliphatic carboxylic acids is 1. The average Bonchev–Trinajstić information content (AvgIpc) is 2.95. The van der Waals surface area contributed by atoms with Crippen LogP contribution in [-0.2, 0) is 14.4 Å². The zero-order valence-electron chi connectivity index (χ0n) is 11.6. The topological polar surface area (TPSA) is 95.5 Å². The van der Waals surface area contributed by atoms with Crippen molar-refractivity contribution < 1.29 is 19.5 Å². The molecule has 0 aromatic carbocycles. The van der Waals surface area contributed by atoms with E-state index < -0.39 is 5.97 Å². The molecule has 6 nitrogen and oxygen atoms in total. The van der Waals surface area contributed by atoms with Crippen molar-refractivity contribution in [2.75, 3.05) is 6.54 Å². The smallest absolute Gasteiger partial charge is 0.303 e. The molecule has 1 aliphatic heterocycles. The fourth-order valence-electron chi connectivity index (χ4n) is 3.33. The van der Waals surface area contributed by atoms with Gasteiger partial charge in [-0.25, -0.2) is 0 Å². The third-order valence-electron chi connectivity index (χ3n) is 4.36. The van der Waals surface area contributed by atoms with Crippen LogP contribution in [0.15, 0.2) is 0 Å². The van der Waals surface area contributed by atoms with Gasteiger partial charge in [0, 0.05) is 25.4 Å². The second-order valence-electron chi connectivity index (χ2n) is 6.06. The van der Waals surface area contributed by atoms with Gasteiger partial charge in [0.15, 0.2) is 0 Å². The molecule has 0 aromatic rings. The molecule has 1 aliphatic carbocycles. The van der Waals surface area contributed by atoms with Gasteiger partial charge in [-0.3, -0.25) is 14.4 Å². The summed E-state index contributed by atoms with van der Waals surface area (Å²) in [5.74, 6) is -0.903. The Morgan fingerprint density at radius 2 is 2.00 bits per heavy atom. The molecular weight excluding hydrogens is 260 g/mol. The molecule has 0 bridgehead atoms. The predicted octanol–water partition coefficient (Wildman–Crippen LogP) is 0.806. The predicted molar refractivity (Wildman–Crippen MR) is 71.9 cm³/mol. The van der Waals surface area contributed by atoms with Gasteiger partial charge in [0.05, 0.1) is 6.42 Å². The lowest BCUT2D eigenvalue weighted by Gasteiger charge is -2.26. The molecule has 2 aliphatic rings. The molecule has 112 valence electrons. The van der Waals surface area contributed by atoms with Gasteiger partial charge in [0.1, 0.15) is 0 Å². The molecule has 6 heteroatoms. The summed E-state index contributed by atoms with van der Waals surface area (Å²) in [5, 5.41) is 14.6. The quantitative estimate of drug-likeness (QED) is 0.671. The fourth-order valence-corrected chi connectivity index (χ4v) is 3.33. The Labute approximate surface area is 118 Å².